The lowest BCUT2D eigenvalue weighted by Crippen LogP contribution is -2.41. The number of carbonyl (C=O) groups excluding carboxylic acids is 2. The predicted molar refractivity (Wildman–Crippen MR) is 104 cm³/mol. The van der Waals surface area contributed by atoms with Crippen molar-refractivity contribution in [2.75, 3.05) is 6.61 Å². The summed E-state index contributed by atoms with van der Waals surface area (Å²) in [5.74, 6) is -0.415. The minimum atomic E-state index is -3.63. The summed E-state index contributed by atoms with van der Waals surface area (Å²) in [5, 5.41) is 0. The maximum Gasteiger partial charge on any atom is 0.269 e. The van der Waals surface area contributed by atoms with Crippen LogP contribution in [0.1, 0.15) is 41.5 Å². The second-order valence-electron chi connectivity index (χ2n) is 6.17. The number of hydrogen-bond donors (Lipinski definition) is 3. The Kier molecular flexibility index (Phi) is 7.13. The van der Waals surface area contributed by atoms with Crippen molar-refractivity contribution < 1.29 is 22.7 Å². The van der Waals surface area contributed by atoms with Crippen molar-refractivity contribution in [3.63, 3.8) is 0 Å². The summed E-state index contributed by atoms with van der Waals surface area (Å²) >= 11 is 0. The summed E-state index contributed by atoms with van der Waals surface area (Å²) in [4.78, 5) is 24.3. The third-order valence-electron chi connectivity index (χ3n) is 3.53. The van der Waals surface area contributed by atoms with Crippen molar-refractivity contribution in [1.82, 2.24) is 15.6 Å². The molecule has 28 heavy (non-hydrogen) atoms. The molecule has 2 aromatic rings. The van der Waals surface area contributed by atoms with Crippen LogP contribution < -0.4 is 20.3 Å². The Balaban J connectivity index is 1.96. The Hall–Kier alpha value is -2.91. The number of nitrogens with one attached hydrogen (secondary N) is 3. The standard InChI is InChI=1S/C19H23N3O5S/c1-4-27-16-9-5-14(6-10-16)18(23)20-21-19(24)15-7-11-17(12-8-15)28(25,26)22-13(2)3/h5-13,22H,4H2,1-3H3,(H,20,23)(H,21,24). The van der Waals surface area contributed by atoms with E-state index in [2.05, 4.69) is 15.6 Å². The van der Waals surface area contributed by atoms with Crippen molar-refractivity contribution in [3.8, 4) is 5.75 Å². The molecule has 150 valence electrons. The summed E-state index contributed by atoms with van der Waals surface area (Å²) < 4.78 is 31.9. The van der Waals surface area contributed by atoms with Crippen molar-refractivity contribution in [1.29, 1.82) is 0 Å². The molecule has 0 bridgehead atoms. The number of sulfonamides is 1. The molecule has 0 saturated carbocycles. The monoisotopic (exact) mass is 405 g/mol. The van der Waals surface area contributed by atoms with E-state index < -0.39 is 21.8 Å². The Bertz CT molecular complexity index is 923. The van der Waals surface area contributed by atoms with Crippen LogP contribution >= 0.6 is 0 Å². The molecule has 0 aliphatic rings. The molecule has 9 heteroatoms. The predicted octanol–water partition coefficient (Wildman–Crippen LogP) is 1.85. The van der Waals surface area contributed by atoms with E-state index in [0.717, 1.165) is 0 Å². The molecule has 0 saturated heterocycles. The second kappa shape index (κ2) is 9.34. The lowest BCUT2D eigenvalue weighted by Gasteiger charge is -2.11. The van der Waals surface area contributed by atoms with Crippen LogP contribution in [-0.4, -0.2) is 32.9 Å². The van der Waals surface area contributed by atoms with Gasteiger partial charge in [0.2, 0.25) is 10.0 Å². The quantitative estimate of drug-likeness (QED) is 0.609. The molecule has 0 aliphatic heterocycles. The zero-order valence-electron chi connectivity index (χ0n) is 15.9. The molecule has 0 unspecified atom stereocenters. The Morgan fingerprint density at radius 1 is 0.893 bits per heavy atom. The first kappa shape index (κ1) is 21.4. The highest BCUT2D eigenvalue weighted by molar-refractivity contribution is 7.89. The number of hydrazine groups is 1. The van der Waals surface area contributed by atoms with Crippen LogP contribution in [0.4, 0.5) is 0 Å². The highest BCUT2D eigenvalue weighted by Crippen LogP contribution is 2.12. The average molecular weight is 405 g/mol. The van der Waals surface area contributed by atoms with Crippen LogP contribution in [0.25, 0.3) is 0 Å². The normalized spacial score (nSPS) is 11.1. The number of rotatable bonds is 7. The van der Waals surface area contributed by atoms with E-state index in [1.807, 2.05) is 6.92 Å². The molecule has 2 amide bonds. The first-order valence-corrected chi connectivity index (χ1v) is 10.2. The molecule has 0 fully saturated rings. The van der Waals surface area contributed by atoms with Crippen LogP contribution in [0.3, 0.4) is 0 Å². The number of ether oxygens (including phenoxy) is 1. The largest absolute Gasteiger partial charge is 0.494 e. The van der Waals surface area contributed by atoms with Gasteiger partial charge in [0.05, 0.1) is 11.5 Å². The van der Waals surface area contributed by atoms with Gasteiger partial charge in [0.15, 0.2) is 0 Å². The summed E-state index contributed by atoms with van der Waals surface area (Å²) in [5.41, 5.74) is 5.16. The first-order valence-electron chi connectivity index (χ1n) is 8.69. The van der Waals surface area contributed by atoms with E-state index in [4.69, 9.17) is 4.74 Å². The molecule has 3 N–H and O–H groups in total. The van der Waals surface area contributed by atoms with Crippen LogP contribution in [-0.2, 0) is 10.0 Å². The van der Waals surface area contributed by atoms with Gasteiger partial charge in [-0.25, -0.2) is 13.1 Å². The van der Waals surface area contributed by atoms with Gasteiger partial charge >= 0.3 is 0 Å². The Morgan fingerprint density at radius 2 is 1.36 bits per heavy atom. The van der Waals surface area contributed by atoms with Gasteiger partial charge in [-0.1, -0.05) is 0 Å². The molecule has 0 radical (unpaired) electrons. The van der Waals surface area contributed by atoms with Crippen molar-refractivity contribution in [2.45, 2.75) is 31.7 Å². The first-order chi connectivity index (χ1) is 13.2. The molecule has 0 atom stereocenters. The maximum absolute atomic E-state index is 12.1. The summed E-state index contributed by atoms with van der Waals surface area (Å²) in [6.07, 6.45) is 0. The molecule has 0 aliphatic carbocycles. The fourth-order valence-corrected chi connectivity index (χ4v) is 3.54. The van der Waals surface area contributed by atoms with Gasteiger partial charge < -0.3 is 4.74 Å². The molecular weight excluding hydrogens is 382 g/mol. The Labute approximate surface area is 164 Å². The van der Waals surface area contributed by atoms with E-state index in [1.54, 1.807) is 38.1 Å². The van der Waals surface area contributed by atoms with Crippen molar-refractivity contribution in [3.05, 3.63) is 59.7 Å². The number of benzene rings is 2. The van der Waals surface area contributed by atoms with Gasteiger partial charge in [-0.15, -0.1) is 0 Å². The molecule has 8 nitrogen and oxygen atoms in total. The number of carbonyl (C=O) groups is 2. The molecule has 2 rings (SSSR count). The highest BCUT2D eigenvalue weighted by atomic mass is 32.2. The second-order valence-corrected chi connectivity index (χ2v) is 7.88. The van der Waals surface area contributed by atoms with E-state index in [0.29, 0.717) is 17.9 Å². The number of hydrogen-bond acceptors (Lipinski definition) is 5. The van der Waals surface area contributed by atoms with Gasteiger partial charge in [0.1, 0.15) is 5.75 Å². The van der Waals surface area contributed by atoms with E-state index in [9.17, 15) is 18.0 Å². The van der Waals surface area contributed by atoms with Gasteiger partial charge in [0, 0.05) is 17.2 Å². The van der Waals surface area contributed by atoms with Gasteiger partial charge in [-0.05, 0) is 69.3 Å². The molecule has 2 aromatic carbocycles. The Morgan fingerprint density at radius 3 is 1.79 bits per heavy atom. The van der Waals surface area contributed by atoms with Gasteiger partial charge in [0.25, 0.3) is 11.8 Å². The lowest BCUT2D eigenvalue weighted by molar-refractivity contribution is 0.0846. The molecule has 0 spiro atoms. The lowest BCUT2D eigenvalue weighted by atomic mass is 10.2. The van der Waals surface area contributed by atoms with E-state index in [1.165, 1.54) is 24.3 Å². The highest BCUT2D eigenvalue weighted by Gasteiger charge is 2.16. The van der Waals surface area contributed by atoms with E-state index >= 15 is 0 Å². The smallest absolute Gasteiger partial charge is 0.269 e. The van der Waals surface area contributed by atoms with Crippen LogP contribution in [0.15, 0.2) is 53.4 Å². The van der Waals surface area contributed by atoms with Crippen molar-refractivity contribution >= 4 is 21.8 Å². The topological polar surface area (TPSA) is 114 Å². The SMILES string of the molecule is CCOc1ccc(C(=O)NNC(=O)c2ccc(S(=O)(=O)NC(C)C)cc2)cc1. The zero-order valence-corrected chi connectivity index (χ0v) is 16.7. The maximum atomic E-state index is 12.1. The van der Waals surface area contributed by atoms with E-state index in [-0.39, 0.29) is 16.5 Å². The third-order valence-corrected chi connectivity index (χ3v) is 5.21. The minimum Gasteiger partial charge on any atom is -0.494 e. The van der Waals surface area contributed by atoms with Gasteiger partial charge in [-0.2, -0.15) is 0 Å². The van der Waals surface area contributed by atoms with Gasteiger partial charge in [-0.3, -0.25) is 20.4 Å². The fraction of sp³-hybridized carbons (Fsp3) is 0.263. The molecular formula is C19H23N3O5S. The number of amides is 2. The summed E-state index contributed by atoms with van der Waals surface area (Å²) in [6.45, 7) is 5.81. The zero-order chi connectivity index (χ0) is 20.7. The fourth-order valence-electron chi connectivity index (χ4n) is 2.29. The molecule has 0 aromatic heterocycles. The van der Waals surface area contributed by atoms with Crippen molar-refractivity contribution in [2.24, 2.45) is 0 Å². The van der Waals surface area contributed by atoms with Crippen LogP contribution in [0.5, 0.6) is 5.75 Å². The average Bonchev–Trinajstić information content (AvgIpc) is 2.66. The summed E-state index contributed by atoms with van der Waals surface area (Å²) in [7, 11) is -3.63. The molecule has 0 heterocycles. The minimum absolute atomic E-state index is 0.0520. The van der Waals surface area contributed by atoms with Crippen LogP contribution in [0, 0.1) is 0 Å². The van der Waals surface area contributed by atoms with Crippen LogP contribution in [0.2, 0.25) is 0 Å². The third kappa shape index (κ3) is 5.80. The summed E-state index contributed by atoms with van der Waals surface area (Å²) in [6, 6.07) is 11.6.